The van der Waals surface area contributed by atoms with E-state index in [1.807, 2.05) is 24.3 Å². The molecule has 9 heteroatoms. The summed E-state index contributed by atoms with van der Waals surface area (Å²) in [5.74, 6) is 2.43. The number of nitrogens with zero attached hydrogens (tertiary/aromatic N) is 2. The number of alkyl halides is 3. The van der Waals surface area contributed by atoms with Gasteiger partial charge < -0.3 is 15.0 Å². The van der Waals surface area contributed by atoms with Crippen LogP contribution in [0.2, 0.25) is 5.02 Å². The number of hydrogen-bond acceptors (Lipinski definition) is 3. The number of halogens is 4. The van der Waals surface area contributed by atoms with Gasteiger partial charge >= 0.3 is 6.18 Å². The Morgan fingerprint density at radius 2 is 1.55 bits per heavy atom. The first-order valence-corrected chi connectivity index (χ1v) is 14.0. The van der Waals surface area contributed by atoms with Crippen LogP contribution >= 0.6 is 23.8 Å². The molecule has 3 aromatic rings. The highest BCUT2D eigenvalue weighted by molar-refractivity contribution is 7.80. The molecule has 5 rings (SSSR count). The third-order valence-corrected chi connectivity index (χ3v) is 8.43. The van der Waals surface area contributed by atoms with Gasteiger partial charge in [-0.3, -0.25) is 0 Å². The molecule has 1 saturated carbocycles. The highest BCUT2D eigenvalue weighted by Gasteiger charge is 2.51. The molecule has 0 radical (unpaired) electrons. The molecule has 3 aromatic carbocycles. The summed E-state index contributed by atoms with van der Waals surface area (Å²) in [5.41, 5.74) is 0.0377. The number of benzene rings is 3. The molecule has 4 nitrogen and oxygen atoms in total. The number of aliphatic imine (C=N–C) groups is 1. The van der Waals surface area contributed by atoms with Gasteiger partial charge in [0.25, 0.3) is 0 Å². The van der Waals surface area contributed by atoms with Crippen molar-refractivity contribution < 1.29 is 17.9 Å². The maximum Gasteiger partial charge on any atom is 0.416 e. The molecule has 0 atom stereocenters. The molecule has 0 aromatic heterocycles. The molecule has 1 aliphatic heterocycles. The van der Waals surface area contributed by atoms with Crippen LogP contribution in [0.5, 0.6) is 11.5 Å². The van der Waals surface area contributed by atoms with E-state index in [9.17, 15) is 13.2 Å². The standard InChI is InChI=1S/C31H31ClF3N3OS/c1-29(2,3)20-15-17-30(18-16-20)27(36-23-6-4-5-21(19-23)31(33,34)35)37-28(40)38(30)24-9-13-26(14-10-24)39-25-11-7-22(32)8-12-25/h4-14,19-20H,15-18H2,1-3H3,(H,36,37,40). The highest BCUT2D eigenvalue weighted by atomic mass is 35.5. The van der Waals surface area contributed by atoms with Gasteiger partial charge in [-0.25, -0.2) is 4.99 Å². The zero-order valence-electron chi connectivity index (χ0n) is 22.6. The Morgan fingerprint density at radius 3 is 2.12 bits per heavy atom. The van der Waals surface area contributed by atoms with E-state index < -0.39 is 17.3 Å². The summed E-state index contributed by atoms with van der Waals surface area (Å²) in [6.07, 6.45) is -1.01. The monoisotopic (exact) mass is 585 g/mol. The van der Waals surface area contributed by atoms with Crippen molar-refractivity contribution in [1.82, 2.24) is 0 Å². The zero-order chi connectivity index (χ0) is 28.7. The Balaban J connectivity index is 1.45. The molecule has 210 valence electrons. The number of rotatable bonds is 4. The fourth-order valence-electron chi connectivity index (χ4n) is 5.67. The van der Waals surface area contributed by atoms with E-state index in [1.54, 1.807) is 30.3 Å². The van der Waals surface area contributed by atoms with Gasteiger partial charge in [0, 0.05) is 16.4 Å². The summed E-state index contributed by atoms with van der Waals surface area (Å²) < 4.78 is 46.2. The molecule has 1 spiro atoms. The zero-order valence-corrected chi connectivity index (χ0v) is 24.1. The summed E-state index contributed by atoms with van der Waals surface area (Å²) in [4.78, 5) is 6.79. The number of anilines is 2. The van der Waals surface area contributed by atoms with Gasteiger partial charge in [0.15, 0.2) is 0 Å². The van der Waals surface area contributed by atoms with Crippen molar-refractivity contribution >= 4 is 46.1 Å². The van der Waals surface area contributed by atoms with Crippen molar-refractivity contribution in [3.63, 3.8) is 0 Å². The van der Waals surface area contributed by atoms with E-state index in [-0.39, 0.29) is 5.41 Å². The van der Waals surface area contributed by atoms with Crippen molar-refractivity contribution in [2.24, 2.45) is 16.3 Å². The Hall–Kier alpha value is -3.10. The predicted molar refractivity (Wildman–Crippen MR) is 160 cm³/mol. The predicted octanol–water partition coefficient (Wildman–Crippen LogP) is 9.74. The van der Waals surface area contributed by atoms with Crippen LogP contribution in [0.1, 0.15) is 52.0 Å². The molecule has 0 amide bonds. The van der Waals surface area contributed by atoms with E-state index in [0.717, 1.165) is 43.5 Å². The molecular weight excluding hydrogens is 555 g/mol. The van der Waals surface area contributed by atoms with E-state index in [4.69, 9.17) is 33.5 Å². The van der Waals surface area contributed by atoms with Gasteiger partial charge in [-0.05, 0) is 116 Å². The number of nitrogens with one attached hydrogen (secondary N) is 1. The van der Waals surface area contributed by atoms with Crippen LogP contribution in [0, 0.1) is 11.3 Å². The Bertz CT molecular complexity index is 1410. The SMILES string of the molecule is CC(C)(C)C1CCC2(CC1)C(Nc1cccc(C(F)(F)F)c1)=NC(=S)N2c1ccc(Oc2ccc(Cl)cc2)cc1. The third-order valence-electron chi connectivity index (χ3n) is 7.90. The third kappa shape index (κ3) is 5.84. The van der Waals surface area contributed by atoms with Crippen molar-refractivity contribution in [2.45, 2.75) is 58.2 Å². The molecular formula is C31H31ClF3N3OS. The molecule has 1 aliphatic carbocycles. The number of hydrogen-bond donors (Lipinski definition) is 1. The largest absolute Gasteiger partial charge is 0.457 e. The van der Waals surface area contributed by atoms with Crippen LogP contribution < -0.4 is 15.0 Å². The average Bonchev–Trinajstić information content (AvgIpc) is 3.15. The van der Waals surface area contributed by atoms with Crippen LogP contribution in [-0.2, 0) is 6.18 Å². The molecule has 2 aliphatic rings. The van der Waals surface area contributed by atoms with Crippen LogP contribution in [0.4, 0.5) is 24.5 Å². The second-order valence-electron chi connectivity index (χ2n) is 11.5. The van der Waals surface area contributed by atoms with E-state index >= 15 is 0 Å². The lowest BCUT2D eigenvalue weighted by Crippen LogP contribution is -2.56. The molecule has 1 fully saturated rings. The number of ether oxygens (including phenoxy) is 1. The Kier molecular flexibility index (Phi) is 7.61. The van der Waals surface area contributed by atoms with Crippen LogP contribution in [0.3, 0.4) is 0 Å². The molecule has 40 heavy (non-hydrogen) atoms. The maximum absolute atomic E-state index is 13.4. The molecule has 0 unspecified atom stereocenters. The summed E-state index contributed by atoms with van der Waals surface area (Å²) in [5, 5.41) is 4.25. The van der Waals surface area contributed by atoms with Crippen molar-refractivity contribution in [3.8, 4) is 11.5 Å². The van der Waals surface area contributed by atoms with E-state index in [0.29, 0.717) is 39.1 Å². The lowest BCUT2D eigenvalue weighted by atomic mass is 9.66. The van der Waals surface area contributed by atoms with Gasteiger partial charge in [-0.1, -0.05) is 38.4 Å². The smallest absolute Gasteiger partial charge is 0.416 e. The van der Waals surface area contributed by atoms with Crippen LogP contribution in [0.25, 0.3) is 0 Å². The summed E-state index contributed by atoms with van der Waals surface area (Å²) in [7, 11) is 0. The maximum atomic E-state index is 13.4. The second kappa shape index (κ2) is 10.7. The minimum Gasteiger partial charge on any atom is -0.457 e. The Morgan fingerprint density at radius 1 is 0.950 bits per heavy atom. The first kappa shape index (κ1) is 28.4. The first-order valence-electron chi connectivity index (χ1n) is 13.3. The highest BCUT2D eigenvalue weighted by Crippen LogP contribution is 2.48. The fraction of sp³-hybridized carbons (Fsp3) is 0.355. The summed E-state index contributed by atoms with van der Waals surface area (Å²) in [6.45, 7) is 6.76. The van der Waals surface area contributed by atoms with Gasteiger partial charge in [0.2, 0.25) is 5.11 Å². The lowest BCUT2D eigenvalue weighted by Gasteiger charge is -2.47. The minimum absolute atomic E-state index is 0.151. The lowest BCUT2D eigenvalue weighted by molar-refractivity contribution is -0.137. The van der Waals surface area contributed by atoms with Gasteiger partial charge in [-0.15, -0.1) is 0 Å². The van der Waals surface area contributed by atoms with Crippen molar-refractivity contribution in [1.29, 1.82) is 0 Å². The van der Waals surface area contributed by atoms with Gasteiger partial charge in [0.1, 0.15) is 22.9 Å². The average molecular weight is 586 g/mol. The van der Waals surface area contributed by atoms with E-state index in [1.165, 1.54) is 6.07 Å². The number of amidine groups is 1. The Labute approximate surface area is 243 Å². The molecule has 0 saturated heterocycles. The topological polar surface area (TPSA) is 36.9 Å². The van der Waals surface area contributed by atoms with Crippen molar-refractivity contribution in [2.75, 3.05) is 10.2 Å². The van der Waals surface area contributed by atoms with Crippen LogP contribution in [0.15, 0.2) is 77.8 Å². The molecule has 1 N–H and O–H groups in total. The molecule has 1 heterocycles. The van der Waals surface area contributed by atoms with Crippen molar-refractivity contribution in [3.05, 3.63) is 83.4 Å². The summed E-state index contributed by atoms with van der Waals surface area (Å²) >= 11 is 11.8. The molecule has 0 bridgehead atoms. The summed E-state index contributed by atoms with van der Waals surface area (Å²) in [6, 6.07) is 20.0. The van der Waals surface area contributed by atoms with Gasteiger partial charge in [-0.2, -0.15) is 13.2 Å². The second-order valence-corrected chi connectivity index (χ2v) is 12.3. The normalized spacial score (nSPS) is 21.5. The number of thiocarbonyl (C=S) groups is 1. The first-order chi connectivity index (χ1) is 18.8. The van der Waals surface area contributed by atoms with E-state index in [2.05, 4.69) is 31.0 Å². The quantitative estimate of drug-likeness (QED) is 0.309. The van der Waals surface area contributed by atoms with Gasteiger partial charge in [0.05, 0.1) is 5.56 Å². The van der Waals surface area contributed by atoms with Crippen LogP contribution in [-0.4, -0.2) is 16.5 Å². The minimum atomic E-state index is -4.44. The fourth-order valence-corrected chi connectivity index (χ4v) is 6.17.